The molecule has 0 spiro atoms. The van der Waals surface area contributed by atoms with E-state index in [-0.39, 0.29) is 18.2 Å². The molecule has 5 heteroatoms. The lowest BCUT2D eigenvalue weighted by Gasteiger charge is -2.25. The fourth-order valence-electron chi connectivity index (χ4n) is 2.84. The highest BCUT2D eigenvalue weighted by molar-refractivity contribution is 8.03. The Morgan fingerprint density at radius 1 is 1.29 bits per heavy atom. The Labute approximate surface area is 151 Å². The predicted octanol–water partition coefficient (Wildman–Crippen LogP) is 4.69. The molecule has 3 rings (SSSR count). The molecule has 0 saturated heterocycles. The van der Waals surface area contributed by atoms with Gasteiger partial charge in [-0.05, 0) is 36.1 Å². The summed E-state index contributed by atoms with van der Waals surface area (Å²) in [5.41, 5.74) is 2.81. The van der Waals surface area contributed by atoms with Gasteiger partial charge in [0.1, 0.15) is 0 Å². The number of nitrogens with one attached hydrogen (secondary N) is 1. The average Bonchev–Trinajstić information content (AvgIpc) is 2.61. The predicted molar refractivity (Wildman–Crippen MR) is 98.5 cm³/mol. The second-order valence-corrected chi connectivity index (χ2v) is 7.18. The Bertz CT molecular complexity index is 772. The van der Waals surface area contributed by atoms with Gasteiger partial charge in [0.05, 0.1) is 16.7 Å². The monoisotopic (exact) mass is 356 g/mol. The maximum absolute atomic E-state index is 12.1. The molecule has 1 aliphatic heterocycles. The lowest BCUT2D eigenvalue weighted by Crippen LogP contribution is -2.31. The normalized spacial score (nSPS) is 20.4. The maximum atomic E-state index is 12.1. The molecule has 1 atom stereocenters. The van der Waals surface area contributed by atoms with Crippen LogP contribution in [0, 0.1) is 11.3 Å². The van der Waals surface area contributed by atoms with Gasteiger partial charge in [-0.2, -0.15) is 5.26 Å². The number of carbonyl (C=O) groups is 1. The maximum Gasteiger partial charge on any atom is 0.225 e. The smallest absolute Gasteiger partial charge is 0.225 e. The van der Waals surface area contributed by atoms with E-state index in [1.165, 1.54) is 17.3 Å². The molecule has 0 saturated carbocycles. The highest BCUT2D eigenvalue weighted by Crippen LogP contribution is 2.36. The van der Waals surface area contributed by atoms with Crippen molar-refractivity contribution < 1.29 is 4.79 Å². The largest absolute Gasteiger partial charge is 0.320 e. The Kier molecular flexibility index (Phi) is 5.44. The summed E-state index contributed by atoms with van der Waals surface area (Å²) in [7, 11) is 0. The van der Waals surface area contributed by atoms with Crippen molar-refractivity contribution in [2.75, 3.05) is 5.75 Å². The standard InChI is InChI=1S/C19H17ClN2OS/c20-15-8-6-14(7-9-15)16-10-18(23)22-19(17(16)11-21)24-12-13-4-2-1-3-5-13/h2,4-9,16H,1,3,10,12H2,(H,22,23). The minimum absolute atomic E-state index is 0.0513. The molecule has 122 valence electrons. The van der Waals surface area contributed by atoms with E-state index in [0.717, 1.165) is 24.2 Å². The van der Waals surface area contributed by atoms with Gasteiger partial charge >= 0.3 is 0 Å². The minimum Gasteiger partial charge on any atom is -0.320 e. The summed E-state index contributed by atoms with van der Waals surface area (Å²) < 4.78 is 0. The zero-order valence-electron chi connectivity index (χ0n) is 13.1. The van der Waals surface area contributed by atoms with E-state index in [0.29, 0.717) is 15.6 Å². The first-order valence-corrected chi connectivity index (χ1v) is 9.21. The van der Waals surface area contributed by atoms with Gasteiger partial charge in [0.15, 0.2) is 0 Å². The SMILES string of the molecule is N#CC1=C(SCC2=CCCC=C2)NC(=O)CC1c1ccc(Cl)cc1. The number of allylic oxidation sites excluding steroid dienone is 4. The van der Waals surface area contributed by atoms with E-state index in [9.17, 15) is 10.1 Å². The third-order valence-electron chi connectivity index (χ3n) is 4.08. The first kappa shape index (κ1) is 16.9. The number of thioether (sulfide) groups is 1. The Morgan fingerprint density at radius 2 is 2.08 bits per heavy atom. The van der Waals surface area contributed by atoms with Crippen molar-refractivity contribution in [1.82, 2.24) is 5.32 Å². The third-order valence-corrected chi connectivity index (χ3v) is 5.42. The number of hydrogen-bond donors (Lipinski definition) is 1. The Hall–Kier alpha value is -1.96. The zero-order chi connectivity index (χ0) is 16.9. The van der Waals surface area contributed by atoms with E-state index in [1.54, 1.807) is 12.1 Å². The fourth-order valence-corrected chi connectivity index (χ4v) is 4.02. The molecule has 2 aliphatic rings. The molecular weight excluding hydrogens is 340 g/mol. The van der Waals surface area contributed by atoms with Gasteiger partial charge in [0.2, 0.25) is 5.91 Å². The summed E-state index contributed by atoms with van der Waals surface area (Å²) >= 11 is 7.46. The molecule has 1 aromatic carbocycles. The van der Waals surface area contributed by atoms with Gasteiger partial charge in [-0.25, -0.2) is 0 Å². The van der Waals surface area contributed by atoms with E-state index < -0.39 is 0 Å². The molecule has 0 aromatic heterocycles. The number of hydrogen-bond acceptors (Lipinski definition) is 3. The van der Waals surface area contributed by atoms with Gasteiger partial charge in [0.25, 0.3) is 0 Å². The zero-order valence-corrected chi connectivity index (χ0v) is 14.7. The number of halogens is 1. The van der Waals surface area contributed by atoms with E-state index in [4.69, 9.17) is 11.6 Å². The summed E-state index contributed by atoms with van der Waals surface area (Å²) in [6.07, 6.45) is 8.90. The van der Waals surface area contributed by atoms with Crippen LogP contribution in [0.4, 0.5) is 0 Å². The molecule has 3 nitrogen and oxygen atoms in total. The van der Waals surface area contributed by atoms with Gasteiger partial charge in [-0.15, -0.1) is 11.8 Å². The van der Waals surface area contributed by atoms with Crippen LogP contribution >= 0.6 is 23.4 Å². The first-order chi connectivity index (χ1) is 11.7. The summed E-state index contributed by atoms with van der Waals surface area (Å²) in [4.78, 5) is 12.1. The second-order valence-electron chi connectivity index (χ2n) is 5.76. The van der Waals surface area contributed by atoms with Gasteiger partial charge in [-0.3, -0.25) is 4.79 Å². The number of nitriles is 1. The van der Waals surface area contributed by atoms with Crippen molar-refractivity contribution in [2.45, 2.75) is 25.2 Å². The first-order valence-electron chi connectivity index (χ1n) is 7.85. The molecule has 24 heavy (non-hydrogen) atoms. The van der Waals surface area contributed by atoms with Gasteiger partial charge in [0, 0.05) is 23.1 Å². The topological polar surface area (TPSA) is 52.9 Å². The van der Waals surface area contributed by atoms with Gasteiger partial charge in [-0.1, -0.05) is 42.0 Å². The van der Waals surface area contributed by atoms with Crippen molar-refractivity contribution in [3.05, 3.63) is 69.3 Å². The summed E-state index contributed by atoms with van der Waals surface area (Å²) in [5, 5.41) is 13.8. The molecule has 1 amide bonds. The summed E-state index contributed by atoms with van der Waals surface area (Å²) in [5.74, 6) is 0.494. The third kappa shape index (κ3) is 3.92. The number of rotatable bonds is 4. The molecule has 1 unspecified atom stereocenters. The summed E-state index contributed by atoms with van der Waals surface area (Å²) in [6, 6.07) is 9.66. The molecule has 1 N–H and O–H groups in total. The van der Waals surface area contributed by atoms with Crippen molar-refractivity contribution in [3.8, 4) is 6.07 Å². The molecule has 1 aliphatic carbocycles. The lowest BCUT2D eigenvalue weighted by atomic mass is 9.87. The van der Waals surface area contributed by atoms with Crippen LogP contribution in [-0.2, 0) is 4.79 Å². The molecular formula is C19H17ClN2OS. The summed E-state index contributed by atoms with van der Waals surface area (Å²) in [6.45, 7) is 0. The highest BCUT2D eigenvalue weighted by Gasteiger charge is 2.29. The molecule has 0 radical (unpaired) electrons. The number of amides is 1. The van der Waals surface area contributed by atoms with Crippen molar-refractivity contribution in [2.24, 2.45) is 0 Å². The van der Waals surface area contributed by atoms with E-state index in [2.05, 4.69) is 29.6 Å². The van der Waals surface area contributed by atoms with Crippen LogP contribution in [0.2, 0.25) is 5.02 Å². The minimum atomic E-state index is -0.209. The molecule has 1 aromatic rings. The van der Waals surface area contributed by atoms with Crippen LogP contribution in [0.15, 0.2) is 58.7 Å². The molecule has 1 heterocycles. The van der Waals surface area contributed by atoms with Crippen LogP contribution in [0.25, 0.3) is 0 Å². The van der Waals surface area contributed by atoms with Crippen molar-refractivity contribution in [1.29, 1.82) is 5.26 Å². The highest BCUT2D eigenvalue weighted by atomic mass is 35.5. The molecule has 0 fully saturated rings. The number of carbonyl (C=O) groups excluding carboxylic acids is 1. The second kappa shape index (κ2) is 7.74. The van der Waals surface area contributed by atoms with Crippen LogP contribution in [-0.4, -0.2) is 11.7 Å². The van der Waals surface area contributed by atoms with Crippen molar-refractivity contribution in [3.63, 3.8) is 0 Å². The van der Waals surface area contributed by atoms with Crippen LogP contribution < -0.4 is 5.32 Å². The van der Waals surface area contributed by atoms with Crippen molar-refractivity contribution >= 4 is 29.3 Å². The van der Waals surface area contributed by atoms with E-state index >= 15 is 0 Å². The number of nitrogens with zero attached hydrogens (tertiary/aromatic N) is 1. The quantitative estimate of drug-likeness (QED) is 0.851. The number of benzene rings is 1. The van der Waals surface area contributed by atoms with Crippen LogP contribution in [0.3, 0.4) is 0 Å². The van der Waals surface area contributed by atoms with Gasteiger partial charge < -0.3 is 5.32 Å². The van der Waals surface area contributed by atoms with Crippen LogP contribution in [0.1, 0.15) is 30.7 Å². The lowest BCUT2D eigenvalue weighted by molar-refractivity contribution is -0.120. The Balaban J connectivity index is 1.85. The van der Waals surface area contributed by atoms with Crippen LogP contribution in [0.5, 0.6) is 0 Å². The average molecular weight is 357 g/mol. The van der Waals surface area contributed by atoms with E-state index in [1.807, 2.05) is 12.1 Å². The molecule has 0 bridgehead atoms. The fraction of sp³-hybridized carbons (Fsp3) is 0.263. The Morgan fingerprint density at radius 3 is 2.75 bits per heavy atom.